The molecule has 0 saturated heterocycles. The van der Waals surface area contributed by atoms with Crippen LogP contribution in [0.5, 0.6) is 0 Å². The molecule has 0 radical (unpaired) electrons. The van der Waals surface area contributed by atoms with Gasteiger partial charge in [-0.25, -0.2) is 0 Å². The topological polar surface area (TPSA) is 54.4 Å². The molecule has 0 atom stereocenters. The fraction of sp³-hybridized carbons (Fsp3) is 0.500. The Labute approximate surface area is 43.4 Å². The second-order valence-corrected chi connectivity index (χ2v) is 0.519. The zero-order valence-electron chi connectivity index (χ0n) is 3.14. The molecule has 0 unspecified atom stereocenters. The summed E-state index contributed by atoms with van der Waals surface area (Å²) in [7, 11) is 0. The summed E-state index contributed by atoms with van der Waals surface area (Å²) in [6.07, 6.45) is 0. The van der Waals surface area contributed by atoms with Gasteiger partial charge in [-0.3, -0.25) is 4.79 Å². The predicted octanol–water partition coefficient (Wildman–Crippen LogP) is -0.0304. The van der Waals surface area contributed by atoms with Gasteiger partial charge >= 0.3 is 19.8 Å². The van der Waals surface area contributed by atoms with E-state index in [1.165, 1.54) is 0 Å². The van der Waals surface area contributed by atoms with Crippen molar-refractivity contribution in [1.82, 2.24) is 0 Å². The van der Waals surface area contributed by atoms with Crippen molar-refractivity contribution in [3.05, 3.63) is 0 Å². The van der Waals surface area contributed by atoms with E-state index in [-0.39, 0.29) is 0 Å². The van der Waals surface area contributed by atoms with Crippen molar-refractivity contribution >= 4 is 5.97 Å². The van der Waals surface area contributed by atoms with E-state index >= 15 is 0 Å². The first-order valence-electron chi connectivity index (χ1n) is 1.08. The van der Waals surface area contributed by atoms with Gasteiger partial charge in [0.05, 0.1) is 0 Å². The van der Waals surface area contributed by atoms with Crippen LogP contribution in [0.15, 0.2) is 0 Å². The predicted molar refractivity (Wildman–Crippen MR) is 14.0 cm³/mol. The van der Waals surface area contributed by atoms with Gasteiger partial charge < -0.3 is 5.11 Å². The van der Waals surface area contributed by atoms with Gasteiger partial charge in [0.15, 0.2) is 0 Å². The Morgan fingerprint density at radius 2 is 1.67 bits per heavy atom. The summed E-state index contributed by atoms with van der Waals surface area (Å²) < 4.78 is 8.06. The second kappa shape index (κ2) is 8.84. The molecule has 0 saturated carbocycles. The van der Waals surface area contributed by atoms with Crippen LogP contribution in [0.4, 0.5) is 0 Å². The van der Waals surface area contributed by atoms with Crippen molar-refractivity contribution in [3.63, 3.8) is 0 Å². The van der Waals surface area contributed by atoms with E-state index < -0.39 is 5.97 Å². The molecule has 0 rings (SSSR count). The standard InChI is InChI=1S/C2H4O2.Mn.O/c1-2(3)4;;/h1H3,(H,3,4);;. The maximum atomic E-state index is 9.00. The van der Waals surface area contributed by atoms with E-state index in [2.05, 4.69) is 0 Å². The van der Waals surface area contributed by atoms with E-state index in [1.807, 2.05) is 0 Å². The van der Waals surface area contributed by atoms with Crippen LogP contribution in [0, 0.1) is 0 Å². The Kier molecular flexibility index (Phi) is 13.6. The molecule has 0 fully saturated rings. The normalized spacial score (nSPS) is 4.83. The first kappa shape index (κ1) is 9.25. The third-order valence-corrected chi connectivity index (χ3v) is 0. The summed E-state index contributed by atoms with van der Waals surface area (Å²) in [6, 6.07) is 0. The number of carboxylic acid groups (broad SMARTS) is 1. The van der Waals surface area contributed by atoms with Gasteiger partial charge in [-0.2, -0.15) is 0 Å². The third-order valence-electron chi connectivity index (χ3n) is 0. The van der Waals surface area contributed by atoms with Crippen molar-refractivity contribution < 1.29 is 29.7 Å². The van der Waals surface area contributed by atoms with E-state index in [0.717, 1.165) is 6.92 Å². The fourth-order valence-corrected chi connectivity index (χ4v) is 0. The molecule has 3 nitrogen and oxygen atoms in total. The molecule has 0 aliphatic carbocycles. The molecule has 1 N–H and O–H groups in total. The average Bonchev–Trinajstić information content (AvgIpc) is 1.41. The minimum absolute atomic E-state index is 0.833. The van der Waals surface area contributed by atoms with E-state index in [4.69, 9.17) is 13.7 Å². The molecule has 0 heterocycles. The van der Waals surface area contributed by atoms with Crippen LogP contribution in [0.1, 0.15) is 6.92 Å². The molecule has 6 heavy (non-hydrogen) atoms. The van der Waals surface area contributed by atoms with E-state index in [0.29, 0.717) is 0 Å². The molecule has 0 aromatic carbocycles. The second-order valence-electron chi connectivity index (χ2n) is 0.519. The Morgan fingerprint density at radius 1 is 1.67 bits per heavy atom. The Balaban J connectivity index is 0. The molecule has 0 spiro atoms. The molecular formula is C2H4MnO3. The molecule has 0 bridgehead atoms. The summed E-state index contributed by atoms with van der Waals surface area (Å²) >= 11 is 1.69. The van der Waals surface area contributed by atoms with Gasteiger partial charge in [0, 0.05) is 6.92 Å². The summed E-state index contributed by atoms with van der Waals surface area (Å²) in [5, 5.41) is 7.42. The van der Waals surface area contributed by atoms with Crippen LogP contribution < -0.4 is 0 Å². The van der Waals surface area contributed by atoms with Crippen LogP contribution in [-0.2, 0) is 24.6 Å². The van der Waals surface area contributed by atoms with Gasteiger partial charge in [-0.15, -0.1) is 0 Å². The first-order valence-corrected chi connectivity index (χ1v) is 1.56. The number of aliphatic carboxylic acids is 1. The SMILES string of the molecule is CC(=O)O.[O]=[Mn]. The van der Waals surface area contributed by atoms with E-state index in [9.17, 15) is 0 Å². The molecule has 37 valence electrons. The van der Waals surface area contributed by atoms with Crippen LogP contribution >= 0.6 is 0 Å². The zero-order valence-corrected chi connectivity index (χ0v) is 4.32. The Morgan fingerprint density at radius 3 is 1.67 bits per heavy atom. The van der Waals surface area contributed by atoms with Crippen LogP contribution in [0.25, 0.3) is 0 Å². The molecule has 0 aliphatic heterocycles. The van der Waals surface area contributed by atoms with Crippen molar-refractivity contribution in [2.45, 2.75) is 6.92 Å². The molecule has 0 aromatic heterocycles. The van der Waals surface area contributed by atoms with Crippen LogP contribution in [0.2, 0.25) is 0 Å². The average molecular weight is 131 g/mol. The molecule has 0 aliphatic rings. The van der Waals surface area contributed by atoms with E-state index in [1.54, 1.807) is 15.9 Å². The van der Waals surface area contributed by atoms with Crippen molar-refractivity contribution in [1.29, 1.82) is 0 Å². The summed E-state index contributed by atoms with van der Waals surface area (Å²) in [4.78, 5) is 9.00. The van der Waals surface area contributed by atoms with Crippen molar-refractivity contribution in [2.24, 2.45) is 0 Å². The summed E-state index contributed by atoms with van der Waals surface area (Å²) in [6.45, 7) is 1.08. The minimum atomic E-state index is -0.833. The van der Waals surface area contributed by atoms with Gasteiger partial charge in [-0.05, 0) is 0 Å². The quantitative estimate of drug-likeness (QED) is 0.469. The van der Waals surface area contributed by atoms with Gasteiger partial charge in [0.2, 0.25) is 0 Å². The van der Waals surface area contributed by atoms with Crippen molar-refractivity contribution in [3.8, 4) is 0 Å². The van der Waals surface area contributed by atoms with Crippen molar-refractivity contribution in [2.75, 3.05) is 0 Å². The monoisotopic (exact) mass is 131 g/mol. The zero-order chi connectivity index (χ0) is 5.58. The Bertz CT molecular complexity index is 40.1. The number of carboxylic acids is 1. The van der Waals surface area contributed by atoms with Gasteiger partial charge in [0.1, 0.15) is 0 Å². The van der Waals surface area contributed by atoms with Gasteiger partial charge in [-0.1, -0.05) is 0 Å². The summed E-state index contributed by atoms with van der Waals surface area (Å²) in [5.41, 5.74) is 0. The number of hydrogen-bond acceptors (Lipinski definition) is 2. The van der Waals surface area contributed by atoms with Gasteiger partial charge in [0.25, 0.3) is 5.97 Å². The molecule has 4 heteroatoms. The number of carbonyl (C=O) groups is 1. The Hall–Kier alpha value is -0.211. The van der Waals surface area contributed by atoms with Crippen LogP contribution in [0.3, 0.4) is 0 Å². The fourth-order valence-electron chi connectivity index (χ4n) is 0. The van der Waals surface area contributed by atoms with Crippen LogP contribution in [-0.4, -0.2) is 11.1 Å². The maximum absolute atomic E-state index is 9.00. The number of hydrogen-bond donors (Lipinski definition) is 1. The third kappa shape index (κ3) is 665. The number of rotatable bonds is 0. The molecule has 0 amide bonds. The molecule has 0 aromatic rings. The molecular weight excluding hydrogens is 127 g/mol. The first-order chi connectivity index (χ1) is 2.73. The summed E-state index contributed by atoms with van der Waals surface area (Å²) in [5.74, 6) is -0.833.